The Morgan fingerprint density at radius 2 is 1.83 bits per heavy atom. The zero-order chi connectivity index (χ0) is 8.27. The SMILES string of the molecule is O=C([O-])[C@@H](O)c1ccccc1.[Na+]. The second-order valence-corrected chi connectivity index (χ2v) is 2.13. The number of carboxylic acids is 1. The Labute approximate surface area is 92.3 Å². The van der Waals surface area contributed by atoms with Crippen molar-refractivity contribution in [2.24, 2.45) is 0 Å². The topological polar surface area (TPSA) is 60.4 Å². The number of rotatable bonds is 2. The Morgan fingerprint density at radius 1 is 1.33 bits per heavy atom. The summed E-state index contributed by atoms with van der Waals surface area (Å²) in [5.41, 5.74) is 0.340. The van der Waals surface area contributed by atoms with Gasteiger partial charge >= 0.3 is 29.6 Å². The Balaban J connectivity index is 0.00000121. The van der Waals surface area contributed by atoms with Crippen LogP contribution < -0.4 is 34.7 Å². The number of carbonyl (C=O) groups is 1. The zero-order valence-electron chi connectivity index (χ0n) is 6.73. The van der Waals surface area contributed by atoms with Gasteiger partial charge in [0, 0.05) is 0 Å². The van der Waals surface area contributed by atoms with E-state index >= 15 is 0 Å². The largest absolute Gasteiger partial charge is 1.00 e. The second kappa shape index (κ2) is 5.32. The van der Waals surface area contributed by atoms with E-state index in [1.165, 1.54) is 12.1 Å². The molecule has 0 aliphatic heterocycles. The molecule has 12 heavy (non-hydrogen) atoms. The van der Waals surface area contributed by atoms with E-state index in [1.54, 1.807) is 18.2 Å². The maximum Gasteiger partial charge on any atom is 1.00 e. The van der Waals surface area contributed by atoms with Crippen molar-refractivity contribution in [3.8, 4) is 0 Å². The average molecular weight is 174 g/mol. The van der Waals surface area contributed by atoms with Crippen LogP contribution >= 0.6 is 0 Å². The number of hydrogen-bond acceptors (Lipinski definition) is 3. The van der Waals surface area contributed by atoms with Crippen molar-refractivity contribution in [2.75, 3.05) is 0 Å². The van der Waals surface area contributed by atoms with Gasteiger partial charge in [-0.1, -0.05) is 30.3 Å². The molecule has 1 rings (SSSR count). The summed E-state index contributed by atoms with van der Waals surface area (Å²) in [6, 6.07) is 8.11. The number of hydrogen-bond donors (Lipinski definition) is 1. The van der Waals surface area contributed by atoms with E-state index in [-0.39, 0.29) is 29.6 Å². The van der Waals surface area contributed by atoms with Gasteiger partial charge in [0.2, 0.25) is 0 Å². The molecular formula is C8H7NaO3. The van der Waals surface area contributed by atoms with E-state index in [4.69, 9.17) is 5.11 Å². The molecule has 1 N–H and O–H groups in total. The molecule has 1 aromatic rings. The molecule has 0 fully saturated rings. The predicted molar refractivity (Wildman–Crippen MR) is 36.4 cm³/mol. The van der Waals surface area contributed by atoms with Gasteiger partial charge in [0.1, 0.15) is 6.10 Å². The molecule has 0 spiro atoms. The Morgan fingerprint density at radius 3 is 2.25 bits per heavy atom. The van der Waals surface area contributed by atoms with Crippen molar-refractivity contribution in [2.45, 2.75) is 6.10 Å². The third-order valence-corrected chi connectivity index (χ3v) is 1.34. The number of aliphatic carboxylic acids is 1. The van der Waals surface area contributed by atoms with E-state index < -0.39 is 12.1 Å². The first-order valence-electron chi connectivity index (χ1n) is 3.15. The summed E-state index contributed by atoms with van der Waals surface area (Å²) >= 11 is 0. The molecule has 0 heterocycles. The van der Waals surface area contributed by atoms with Crippen LogP contribution in [0.2, 0.25) is 0 Å². The summed E-state index contributed by atoms with van der Waals surface area (Å²) in [5, 5.41) is 19.1. The molecule has 0 amide bonds. The summed E-state index contributed by atoms with van der Waals surface area (Å²) in [4.78, 5) is 10.1. The second-order valence-electron chi connectivity index (χ2n) is 2.13. The molecule has 0 aliphatic carbocycles. The van der Waals surface area contributed by atoms with Gasteiger partial charge in [0.05, 0.1) is 5.97 Å². The van der Waals surface area contributed by atoms with Crippen LogP contribution in [0, 0.1) is 0 Å². The quantitative estimate of drug-likeness (QED) is 0.473. The normalized spacial score (nSPS) is 11.4. The predicted octanol–water partition coefficient (Wildman–Crippen LogP) is -3.53. The van der Waals surface area contributed by atoms with E-state index in [0.29, 0.717) is 5.56 Å². The van der Waals surface area contributed by atoms with Crippen molar-refractivity contribution in [1.82, 2.24) is 0 Å². The van der Waals surface area contributed by atoms with Gasteiger partial charge in [-0.2, -0.15) is 0 Å². The monoisotopic (exact) mass is 174 g/mol. The van der Waals surface area contributed by atoms with Crippen LogP contribution in [0.25, 0.3) is 0 Å². The minimum Gasteiger partial charge on any atom is -0.547 e. The summed E-state index contributed by atoms with van der Waals surface area (Å²) in [7, 11) is 0. The third kappa shape index (κ3) is 2.95. The van der Waals surface area contributed by atoms with Gasteiger partial charge in [0.25, 0.3) is 0 Å². The molecule has 3 nitrogen and oxygen atoms in total. The van der Waals surface area contributed by atoms with Crippen LogP contribution in [0.5, 0.6) is 0 Å². The first-order valence-corrected chi connectivity index (χ1v) is 3.15. The molecule has 0 saturated carbocycles. The molecule has 1 aromatic carbocycles. The van der Waals surface area contributed by atoms with Gasteiger partial charge in [-0.25, -0.2) is 0 Å². The standard InChI is InChI=1S/C8H8O3.Na/c9-7(8(10)11)6-4-2-1-3-5-6;/h1-5,7,9H,(H,10,11);/q;+1/p-1/t7-;/m0./s1. The molecule has 0 saturated heterocycles. The van der Waals surface area contributed by atoms with E-state index in [2.05, 4.69) is 0 Å². The van der Waals surface area contributed by atoms with Gasteiger partial charge in [-0.3, -0.25) is 0 Å². The Hall–Kier alpha value is -0.350. The third-order valence-electron chi connectivity index (χ3n) is 1.34. The summed E-state index contributed by atoms with van der Waals surface area (Å²) in [6.07, 6.45) is -1.52. The van der Waals surface area contributed by atoms with Crippen LogP contribution in [-0.2, 0) is 4.79 Å². The van der Waals surface area contributed by atoms with Gasteiger partial charge in [0.15, 0.2) is 0 Å². The molecular weight excluding hydrogens is 167 g/mol. The van der Waals surface area contributed by atoms with Crippen molar-refractivity contribution in [3.05, 3.63) is 35.9 Å². The van der Waals surface area contributed by atoms with Crippen molar-refractivity contribution in [3.63, 3.8) is 0 Å². The molecule has 0 aliphatic rings. The number of aliphatic hydroxyl groups excluding tert-OH is 1. The van der Waals surface area contributed by atoms with Crippen LogP contribution in [0.4, 0.5) is 0 Å². The van der Waals surface area contributed by atoms with E-state index in [0.717, 1.165) is 0 Å². The number of aliphatic hydroxyl groups is 1. The van der Waals surface area contributed by atoms with Crippen LogP contribution in [-0.4, -0.2) is 11.1 Å². The molecule has 0 bridgehead atoms. The first kappa shape index (κ1) is 11.6. The smallest absolute Gasteiger partial charge is 0.547 e. The van der Waals surface area contributed by atoms with Gasteiger partial charge in [-0.15, -0.1) is 0 Å². The number of carboxylic acid groups (broad SMARTS) is 1. The van der Waals surface area contributed by atoms with Gasteiger partial charge < -0.3 is 15.0 Å². The number of carbonyl (C=O) groups excluding carboxylic acids is 1. The molecule has 0 unspecified atom stereocenters. The zero-order valence-corrected chi connectivity index (χ0v) is 8.73. The number of benzene rings is 1. The maximum absolute atomic E-state index is 10.1. The van der Waals surface area contributed by atoms with Crippen molar-refractivity contribution in [1.29, 1.82) is 0 Å². The fraction of sp³-hybridized carbons (Fsp3) is 0.125. The maximum atomic E-state index is 10.1. The van der Waals surface area contributed by atoms with Gasteiger partial charge in [-0.05, 0) is 5.56 Å². The summed E-state index contributed by atoms with van der Waals surface area (Å²) in [5.74, 6) is -1.48. The Kier molecular flexibility index (Phi) is 5.17. The summed E-state index contributed by atoms with van der Waals surface area (Å²) in [6.45, 7) is 0. The van der Waals surface area contributed by atoms with Crippen molar-refractivity contribution < 1.29 is 44.6 Å². The van der Waals surface area contributed by atoms with Crippen molar-refractivity contribution >= 4 is 5.97 Å². The fourth-order valence-electron chi connectivity index (χ4n) is 0.771. The van der Waals surface area contributed by atoms with Crippen LogP contribution in [0.1, 0.15) is 11.7 Å². The molecule has 1 atom stereocenters. The summed E-state index contributed by atoms with van der Waals surface area (Å²) < 4.78 is 0. The average Bonchev–Trinajstić information content (AvgIpc) is 2.05. The fourth-order valence-corrected chi connectivity index (χ4v) is 0.771. The van der Waals surface area contributed by atoms with E-state index in [1.807, 2.05) is 0 Å². The molecule has 0 aromatic heterocycles. The molecule has 58 valence electrons. The van der Waals surface area contributed by atoms with Crippen LogP contribution in [0.15, 0.2) is 30.3 Å². The van der Waals surface area contributed by atoms with E-state index in [9.17, 15) is 9.90 Å². The molecule has 4 heteroatoms. The van der Waals surface area contributed by atoms with Crippen LogP contribution in [0.3, 0.4) is 0 Å². The minimum atomic E-state index is -1.52. The minimum absolute atomic E-state index is 0. The molecule has 0 radical (unpaired) electrons. The Bertz CT molecular complexity index is 248. The first-order chi connectivity index (χ1) is 5.22.